The van der Waals surface area contributed by atoms with Gasteiger partial charge in [0.25, 0.3) is 0 Å². The van der Waals surface area contributed by atoms with Crippen LogP contribution in [0.3, 0.4) is 0 Å². The van der Waals surface area contributed by atoms with Crippen LogP contribution in [-0.2, 0) is 16.8 Å². The van der Waals surface area contributed by atoms with Gasteiger partial charge in [0, 0.05) is 30.8 Å². The fraction of sp³-hybridized carbons (Fsp3) is 0.571. The molecule has 222 valence electrons. The lowest BCUT2D eigenvalue weighted by molar-refractivity contribution is -0.137. The molecule has 0 aliphatic carbocycles. The van der Waals surface area contributed by atoms with Gasteiger partial charge in [0.15, 0.2) is 5.78 Å². The average molecular weight is 559 g/mol. The number of aryl methyl sites for hydroxylation is 1. The summed E-state index contributed by atoms with van der Waals surface area (Å²) in [5, 5.41) is 0. The number of piperidine rings is 1. The first-order chi connectivity index (χ1) is 19.5. The Morgan fingerprint density at radius 3 is 2.12 bits per heavy atom. The molecule has 4 rings (SSSR count). The van der Waals surface area contributed by atoms with Crippen molar-refractivity contribution in [2.24, 2.45) is 11.8 Å². The van der Waals surface area contributed by atoms with Crippen LogP contribution in [0.5, 0.6) is 0 Å². The second kappa shape index (κ2) is 13.3. The predicted molar refractivity (Wildman–Crippen MR) is 169 cm³/mol. The third-order valence-corrected chi connectivity index (χ3v) is 8.32. The molecule has 2 aromatic carbocycles. The van der Waals surface area contributed by atoms with Crippen molar-refractivity contribution in [2.45, 2.75) is 86.1 Å². The van der Waals surface area contributed by atoms with Gasteiger partial charge in [0.1, 0.15) is 5.82 Å². The van der Waals surface area contributed by atoms with Crippen LogP contribution in [0, 0.1) is 11.8 Å². The number of fused-ring (bicyclic) bond motifs is 1. The molecule has 1 aromatic heterocycles. The van der Waals surface area contributed by atoms with Gasteiger partial charge in [0.2, 0.25) is 5.91 Å². The predicted octanol–water partition coefficient (Wildman–Crippen LogP) is 7.20. The molecular formula is C35H50N4O2. The van der Waals surface area contributed by atoms with Crippen LogP contribution in [0.1, 0.15) is 90.1 Å². The summed E-state index contributed by atoms with van der Waals surface area (Å²) >= 11 is 0. The highest BCUT2D eigenvalue weighted by molar-refractivity contribution is 5.94. The van der Waals surface area contributed by atoms with Crippen molar-refractivity contribution in [2.75, 3.05) is 32.7 Å². The van der Waals surface area contributed by atoms with E-state index in [1.54, 1.807) is 6.92 Å². The molecule has 0 bridgehead atoms. The van der Waals surface area contributed by atoms with E-state index in [1.165, 1.54) is 32.4 Å². The maximum absolute atomic E-state index is 14.0. The molecule has 1 amide bonds. The summed E-state index contributed by atoms with van der Waals surface area (Å²) in [4.78, 5) is 35.6. The maximum atomic E-state index is 14.0. The first-order valence-corrected chi connectivity index (χ1v) is 15.6. The third-order valence-electron chi connectivity index (χ3n) is 8.32. The van der Waals surface area contributed by atoms with Crippen LogP contribution >= 0.6 is 0 Å². The molecule has 1 aliphatic rings. The van der Waals surface area contributed by atoms with Crippen LogP contribution in [0.25, 0.3) is 22.4 Å². The van der Waals surface area contributed by atoms with Crippen molar-refractivity contribution in [3.8, 4) is 11.4 Å². The van der Waals surface area contributed by atoms with E-state index in [0.29, 0.717) is 17.4 Å². The van der Waals surface area contributed by atoms with Crippen molar-refractivity contribution in [3.63, 3.8) is 0 Å². The molecule has 0 spiro atoms. The SMILES string of the molecule is CC(=O)c1ccc(-c2nc3ccc(C(C)(C)C(=O)N(CC(C)C)CC(C)C)cc3n2CCCN2CCCCC2)cc1. The first kappa shape index (κ1) is 31.0. The number of imidazole rings is 1. The summed E-state index contributed by atoms with van der Waals surface area (Å²) in [6.07, 6.45) is 4.96. The standard InChI is InChI=1S/C35H50N4O2/c1-25(2)23-38(24-26(3)4)34(41)35(6,7)30-16-17-31-32(22-30)39(21-11-20-37-18-9-8-10-19-37)33(36-31)29-14-12-28(13-15-29)27(5)40/h12-17,22,25-26H,8-11,18-21,23-24H2,1-7H3. The minimum absolute atomic E-state index is 0.0621. The highest BCUT2D eigenvalue weighted by Crippen LogP contribution is 2.32. The lowest BCUT2D eigenvalue weighted by Gasteiger charge is -2.34. The van der Waals surface area contributed by atoms with E-state index >= 15 is 0 Å². The van der Waals surface area contributed by atoms with Crippen molar-refractivity contribution in [3.05, 3.63) is 53.6 Å². The summed E-state index contributed by atoms with van der Waals surface area (Å²) in [5.41, 5.74) is 4.05. The Kier molecular flexibility index (Phi) is 10.1. The van der Waals surface area contributed by atoms with E-state index in [2.05, 4.69) is 74.1 Å². The summed E-state index contributed by atoms with van der Waals surface area (Å²) in [6.45, 7) is 20.2. The Labute approximate surface area is 247 Å². The van der Waals surface area contributed by atoms with Crippen molar-refractivity contribution < 1.29 is 9.59 Å². The Morgan fingerprint density at radius 2 is 1.54 bits per heavy atom. The van der Waals surface area contributed by atoms with E-state index in [4.69, 9.17) is 4.98 Å². The van der Waals surface area contributed by atoms with Gasteiger partial charge in [0.05, 0.1) is 16.4 Å². The van der Waals surface area contributed by atoms with Gasteiger partial charge >= 0.3 is 0 Å². The number of ketones is 1. The van der Waals surface area contributed by atoms with Gasteiger partial charge in [-0.15, -0.1) is 0 Å². The minimum Gasteiger partial charge on any atom is -0.341 e. The molecule has 6 heteroatoms. The lowest BCUT2D eigenvalue weighted by Crippen LogP contribution is -2.46. The number of carbonyl (C=O) groups excluding carboxylic acids is 2. The molecule has 41 heavy (non-hydrogen) atoms. The summed E-state index contributed by atoms with van der Waals surface area (Å²) in [7, 11) is 0. The van der Waals surface area contributed by atoms with Crippen molar-refractivity contribution in [1.29, 1.82) is 0 Å². The highest BCUT2D eigenvalue weighted by Gasteiger charge is 2.35. The van der Waals surface area contributed by atoms with Crippen LogP contribution < -0.4 is 0 Å². The minimum atomic E-state index is -0.663. The second-order valence-corrected chi connectivity index (χ2v) is 13.3. The number of hydrogen-bond donors (Lipinski definition) is 0. The van der Waals surface area contributed by atoms with Gasteiger partial charge in [-0.25, -0.2) is 4.98 Å². The first-order valence-electron chi connectivity index (χ1n) is 15.6. The molecule has 2 heterocycles. The lowest BCUT2D eigenvalue weighted by atomic mass is 9.82. The number of likely N-dealkylation sites (tertiary alicyclic amines) is 1. The molecule has 1 fully saturated rings. The van der Waals surface area contributed by atoms with Crippen molar-refractivity contribution in [1.82, 2.24) is 19.4 Å². The monoisotopic (exact) mass is 558 g/mol. The zero-order chi connectivity index (χ0) is 29.7. The average Bonchev–Trinajstić information content (AvgIpc) is 3.30. The summed E-state index contributed by atoms with van der Waals surface area (Å²) in [6, 6.07) is 14.1. The molecule has 6 nitrogen and oxygen atoms in total. The Morgan fingerprint density at radius 1 is 0.902 bits per heavy atom. The molecule has 0 unspecified atom stereocenters. The number of Topliss-reactive ketones (excluding diaryl/α,β-unsaturated/α-hetero) is 1. The van der Waals surface area contributed by atoms with E-state index in [1.807, 2.05) is 24.3 Å². The van der Waals surface area contributed by atoms with Gasteiger partial charge in [-0.05, 0) is 89.2 Å². The molecule has 0 saturated carbocycles. The number of amides is 1. The molecule has 0 radical (unpaired) electrons. The topological polar surface area (TPSA) is 58.4 Å². The van der Waals surface area contributed by atoms with E-state index < -0.39 is 5.41 Å². The smallest absolute Gasteiger partial charge is 0.232 e. The van der Waals surface area contributed by atoms with E-state index in [0.717, 1.165) is 60.6 Å². The fourth-order valence-corrected chi connectivity index (χ4v) is 6.09. The Balaban J connectivity index is 1.71. The summed E-state index contributed by atoms with van der Waals surface area (Å²) in [5.74, 6) is 1.97. The van der Waals surface area contributed by atoms with Gasteiger partial charge in [-0.3, -0.25) is 9.59 Å². The van der Waals surface area contributed by atoms with Gasteiger partial charge in [-0.2, -0.15) is 0 Å². The zero-order valence-electron chi connectivity index (χ0n) is 26.4. The quantitative estimate of drug-likeness (QED) is 0.221. The van der Waals surface area contributed by atoms with E-state index in [-0.39, 0.29) is 11.7 Å². The normalized spacial score (nSPS) is 14.8. The third kappa shape index (κ3) is 7.45. The largest absolute Gasteiger partial charge is 0.341 e. The summed E-state index contributed by atoms with van der Waals surface area (Å²) < 4.78 is 2.33. The number of hydrogen-bond acceptors (Lipinski definition) is 4. The maximum Gasteiger partial charge on any atom is 0.232 e. The fourth-order valence-electron chi connectivity index (χ4n) is 6.09. The van der Waals surface area contributed by atoms with Crippen LogP contribution in [-0.4, -0.2) is 63.8 Å². The molecule has 0 atom stereocenters. The number of aromatic nitrogens is 2. The van der Waals surface area contributed by atoms with Gasteiger partial charge in [-0.1, -0.05) is 64.4 Å². The second-order valence-electron chi connectivity index (χ2n) is 13.3. The van der Waals surface area contributed by atoms with Crippen LogP contribution in [0.15, 0.2) is 42.5 Å². The van der Waals surface area contributed by atoms with Crippen molar-refractivity contribution >= 4 is 22.7 Å². The van der Waals surface area contributed by atoms with E-state index in [9.17, 15) is 9.59 Å². The molecule has 1 aliphatic heterocycles. The van der Waals surface area contributed by atoms with Gasteiger partial charge < -0.3 is 14.4 Å². The number of carbonyl (C=O) groups is 2. The van der Waals surface area contributed by atoms with Crippen LogP contribution in [0.2, 0.25) is 0 Å². The molecular weight excluding hydrogens is 508 g/mol. The number of nitrogens with zero attached hydrogens (tertiary/aromatic N) is 4. The van der Waals surface area contributed by atoms with Crippen LogP contribution in [0.4, 0.5) is 0 Å². The Bertz CT molecular complexity index is 1320. The molecule has 0 N–H and O–H groups in total. The molecule has 1 saturated heterocycles. The number of benzene rings is 2. The Hall–Kier alpha value is -2.99. The highest BCUT2D eigenvalue weighted by atomic mass is 16.2. The number of rotatable bonds is 12. The molecule has 3 aromatic rings. The zero-order valence-corrected chi connectivity index (χ0v) is 26.4.